The molecule has 1 aromatic rings. The van der Waals surface area contributed by atoms with Crippen molar-refractivity contribution in [3.63, 3.8) is 0 Å². The highest BCUT2D eigenvalue weighted by Crippen LogP contribution is 2.36. The molecule has 0 saturated heterocycles. The van der Waals surface area contributed by atoms with Crippen LogP contribution in [0, 0.1) is 0 Å². The topological polar surface area (TPSA) is 95.7 Å². The second kappa shape index (κ2) is 6.03. The summed E-state index contributed by atoms with van der Waals surface area (Å²) in [6.45, 7) is 1.79. The quantitative estimate of drug-likeness (QED) is 0.800. The van der Waals surface area contributed by atoms with E-state index >= 15 is 0 Å². The molecule has 0 fully saturated rings. The first-order valence-electron chi connectivity index (χ1n) is 6.68. The molecule has 7 heteroatoms. The van der Waals surface area contributed by atoms with Crippen molar-refractivity contribution in [1.29, 1.82) is 0 Å². The van der Waals surface area contributed by atoms with Crippen LogP contribution in [0.2, 0.25) is 0 Å². The largest absolute Gasteiger partial charge is 0.497 e. The van der Waals surface area contributed by atoms with Gasteiger partial charge in [-0.3, -0.25) is 4.79 Å². The van der Waals surface area contributed by atoms with Crippen molar-refractivity contribution in [2.24, 2.45) is 5.73 Å². The van der Waals surface area contributed by atoms with Gasteiger partial charge in [0, 0.05) is 6.04 Å². The van der Waals surface area contributed by atoms with Crippen LogP contribution in [0.5, 0.6) is 5.75 Å². The molecule has 1 aromatic carbocycles. The van der Waals surface area contributed by atoms with Crippen molar-refractivity contribution in [3.8, 4) is 5.75 Å². The zero-order valence-corrected chi connectivity index (χ0v) is 12.9. The molecule has 0 radical (unpaired) electrons. The maximum Gasteiger partial charge on any atom is 0.321 e. The summed E-state index contributed by atoms with van der Waals surface area (Å²) in [6.07, 6.45) is 0.308. The number of fused-ring (bicyclic) bond motifs is 1. The first kappa shape index (κ1) is 15.8. The van der Waals surface area contributed by atoms with E-state index in [2.05, 4.69) is 0 Å². The predicted octanol–water partition coefficient (Wildman–Crippen LogP) is 0.598. The van der Waals surface area contributed by atoms with E-state index in [0.717, 1.165) is 11.1 Å². The Bertz CT molecular complexity index is 641. The number of sulfone groups is 1. The summed E-state index contributed by atoms with van der Waals surface area (Å²) in [6, 6.07) is 4.68. The average Bonchev–Trinajstić information content (AvgIpc) is 2.76. The monoisotopic (exact) mass is 313 g/mol. The Morgan fingerprint density at radius 1 is 1.43 bits per heavy atom. The van der Waals surface area contributed by atoms with Gasteiger partial charge in [0.25, 0.3) is 0 Å². The van der Waals surface area contributed by atoms with E-state index in [1.165, 1.54) is 7.11 Å². The highest BCUT2D eigenvalue weighted by Gasteiger charge is 2.40. The van der Waals surface area contributed by atoms with Gasteiger partial charge in [-0.2, -0.15) is 0 Å². The van der Waals surface area contributed by atoms with E-state index in [0.29, 0.717) is 12.2 Å². The summed E-state index contributed by atoms with van der Waals surface area (Å²) in [7, 11) is -2.12. The lowest BCUT2D eigenvalue weighted by Gasteiger charge is -2.16. The lowest BCUT2D eigenvalue weighted by molar-refractivity contribution is -0.139. The number of carbonyl (C=O) groups is 1. The fourth-order valence-electron chi connectivity index (χ4n) is 2.56. The number of nitrogens with two attached hydrogens (primary N) is 1. The van der Waals surface area contributed by atoms with Gasteiger partial charge in [-0.1, -0.05) is 6.07 Å². The molecule has 0 aliphatic heterocycles. The lowest BCUT2D eigenvalue weighted by atomic mass is 10.1. The fraction of sp³-hybridized carbons (Fsp3) is 0.500. The maximum absolute atomic E-state index is 12.3. The van der Waals surface area contributed by atoms with Crippen LogP contribution < -0.4 is 10.5 Å². The van der Waals surface area contributed by atoms with E-state index in [4.69, 9.17) is 15.2 Å². The van der Waals surface area contributed by atoms with Gasteiger partial charge in [0.05, 0.1) is 19.0 Å². The van der Waals surface area contributed by atoms with Gasteiger partial charge >= 0.3 is 5.97 Å². The Labute approximate surface area is 124 Å². The lowest BCUT2D eigenvalue weighted by Crippen LogP contribution is -2.35. The Morgan fingerprint density at radius 2 is 2.14 bits per heavy atom. The molecule has 2 atom stereocenters. The molecule has 0 spiro atoms. The van der Waals surface area contributed by atoms with Crippen molar-refractivity contribution >= 4 is 15.8 Å². The standard InChI is InChI=1S/C14H19NO5S/c1-3-20-13(16)8-21(17,18)12-6-9-4-5-10(19-2)7-11(9)14(12)15/h4-5,7,12,14H,3,6,8,15H2,1-2H3. The summed E-state index contributed by atoms with van der Waals surface area (Å²) in [5.74, 6) is -0.740. The second-order valence-corrected chi connectivity index (χ2v) is 7.17. The molecular weight excluding hydrogens is 294 g/mol. The Morgan fingerprint density at radius 3 is 2.76 bits per heavy atom. The minimum atomic E-state index is -3.66. The molecule has 0 saturated carbocycles. The molecule has 2 rings (SSSR count). The van der Waals surface area contributed by atoms with Crippen molar-refractivity contribution in [3.05, 3.63) is 29.3 Å². The number of esters is 1. The summed E-state index contributed by atoms with van der Waals surface area (Å²) < 4.78 is 34.5. The van der Waals surface area contributed by atoms with Crippen LogP contribution in [0.4, 0.5) is 0 Å². The minimum absolute atomic E-state index is 0.155. The van der Waals surface area contributed by atoms with Crippen LogP contribution in [-0.2, 0) is 25.8 Å². The van der Waals surface area contributed by atoms with Crippen molar-refractivity contribution in [2.75, 3.05) is 19.5 Å². The highest BCUT2D eigenvalue weighted by molar-refractivity contribution is 7.92. The number of rotatable bonds is 5. The molecule has 0 aromatic heterocycles. The minimum Gasteiger partial charge on any atom is -0.497 e. The van der Waals surface area contributed by atoms with Crippen LogP contribution >= 0.6 is 0 Å². The summed E-state index contributed by atoms with van der Waals surface area (Å²) >= 11 is 0. The highest BCUT2D eigenvalue weighted by atomic mass is 32.2. The van der Waals surface area contributed by atoms with Crippen LogP contribution in [0.15, 0.2) is 18.2 Å². The number of hydrogen-bond acceptors (Lipinski definition) is 6. The normalized spacial score (nSPS) is 20.9. The van der Waals surface area contributed by atoms with Gasteiger partial charge in [0.2, 0.25) is 0 Å². The van der Waals surface area contributed by atoms with E-state index in [1.807, 2.05) is 6.07 Å². The molecule has 116 valence electrons. The van der Waals surface area contributed by atoms with Crippen molar-refractivity contribution in [2.45, 2.75) is 24.6 Å². The smallest absolute Gasteiger partial charge is 0.321 e. The number of hydrogen-bond donors (Lipinski definition) is 1. The molecule has 0 bridgehead atoms. The average molecular weight is 313 g/mol. The number of carbonyl (C=O) groups excluding carboxylic acids is 1. The van der Waals surface area contributed by atoms with Crippen LogP contribution in [-0.4, -0.2) is 39.1 Å². The molecule has 0 heterocycles. The van der Waals surface area contributed by atoms with E-state index < -0.39 is 32.9 Å². The third-order valence-corrected chi connectivity index (χ3v) is 5.64. The Balaban J connectivity index is 2.22. The molecular formula is C14H19NO5S. The van der Waals surface area contributed by atoms with Gasteiger partial charge < -0.3 is 15.2 Å². The van der Waals surface area contributed by atoms with Crippen molar-refractivity contribution in [1.82, 2.24) is 0 Å². The van der Waals surface area contributed by atoms with Crippen molar-refractivity contribution < 1.29 is 22.7 Å². The fourth-order valence-corrected chi connectivity index (χ4v) is 4.22. The third-order valence-electron chi connectivity index (χ3n) is 3.62. The molecule has 2 N–H and O–H groups in total. The van der Waals surface area contributed by atoms with Crippen LogP contribution in [0.25, 0.3) is 0 Å². The Hall–Kier alpha value is -1.60. The number of ether oxygens (including phenoxy) is 2. The zero-order valence-electron chi connectivity index (χ0n) is 12.0. The predicted molar refractivity (Wildman–Crippen MR) is 77.8 cm³/mol. The van der Waals surface area contributed by atoms with Gasteiger partial charge in [-0.25, -0.2) is 8.42 Å². The molecule has 1 aliphatic carbocycles. The first-order chi connectivity index (χ1) is 9.89. The first-order valence-corrected chi connectivity index (χ1v) is 8.40. The molecule has 21 heavy (non-hydrogen) atoms. The Kier molecular flexibility index (Phi) is 4.53. The summed E-state index contributed by atoms with van der Waals surface area (Å²) in [4.78, 5) is 11.4. The second-order valence-electron chi connectivity index (χ2n) is 4.95. The van der Waals surface area contributed by atoms with E-state index in [1.54, 1.807) is 19.1 Å². The molecule has 1 aliphatic rings. The number of methoxy groups -OCH3 is 1. The number of benzene rings is 1. The van der Waals surface area contributed by atoms with Crippen LogP contribution in [0.3, 0.4) is 0 Å². The van der Waals surface area contributed by atoms with Gasteiger partial charge in [0.15, 0.2) is 9.84 Å². The van der Waals surface area contributed by atoms with E-state index in [-0.39, 0.29) is 6.61 Å². The molecule has 6 nitrogen and oxygen atoms in total. The van der Waals surface area contributed by atoms with Crippen LogP contribution in [0.1, 0.15) is 24.1 Å². The van der Waals surface area contributed by atoms with E-state index in [9.17, 15) is 13.2 Å². The zero-order chi connectivity index (χ0) is 15.6. The third kappa shape index (κ3) is 3.19. The maximum atomic E-state index is 12.3. The molecule has 0 amide bonds. The van der Waals surface area contributed by atoms with Gasteiger partial charge in [-0.05, 0) is 36.6 Å². The molecule has 2 unspecified atom stereocenters. The van der Waals surface area contributed by atoms with Gasteiger partial charge in [0.1, 0.15) is 11.5 Å². The SMILES string of the molecule is CCOC(=O)CS(=O)(=O)C1Cc2ccc(OC)cc2C1N. The van der Waals surface area contributed by atoms with Gasteiger partial charge in [-0.15, -0.1) is 0 Å². The summed E-state index contributed by atoms with van der Waals surface area (Å²) in [5.41, 5.74) is 7.70. The summed E-state index contributed by atoms with van der Waals surface area (Å²) in [5, 5.41) is -0.802.